The summed E-state index contributed by atoms with van der Waals surface area (Å²) in [5, 5.41) is 22.0. The minimum atomic E-state index is -4.78. The molecule has 0 aliphatic rings. The van der Waals surface area contributed by atoms with Crippen LogP contribution in [0.5, 0.6) is 11.5 Å². The second-order valence-electron chi connectivity index (χ2n) is 8.28. The summed E-state index contributed by atoms with van der Waals surface area (Å²) in [4.78, 5) is 14.0. The molecule has 0 fully saturated rings. The molecule has 3 N–H and O–H groups in total. The molecule has 4 aromatic carbocycles. The Labute approximate surface area is 213 Å². The highest BCUT2D eigenvalue weighted by Gasteiger charge is 2.22. The highest BCUT2D eigenvalue weighted by Crippen LogP contribution is 2.42. The maximum absolute atomic E-state index is 12.7. The molecule has 37 heavy (non-hydrogen) atoms. The molecule has 0 aromatic heterocycles. The number of carbonyl (C=O) groups excluding carboxylic acids is 1. The van der Waals surface area contributed by atoms with Gasteiger partial charge in [-0.1, -0.05) is 0 Å². The van der Waals surface area contributed by atoms with Crippen LogP contribution < -0.4 is 15.0 Å². The van der Waals surface area contributed by atoms with E-state index in [9.17, 15) is 22.9 Å². The predicted molar refractivity (Wildman–Crippen MR) is 141 cm³/mol. The van der Waals surface area contributed by atoms with Crippen LogP contribution in [-0.4, -0.2) is 45.2 Å². The van der Waals surface area contributed by atoms with Gasteiger partial charge in [-0.2, -0.15) is 13.5 Å². The average molecular weight is 521 g/mol. The van der Waals surface area contributed by atoms with Gasteiger partial charge in [-0.05, 0) is 78.2 Å². The van der Waals surface area contributed by atoms with Crippen molar-refractivity contribution in [2.75, 3.05) is 31.4 Å². The van der Waals surface area contributed by atoms with Gasteiger partial charge in [0.25, 0.3) is 16.0 Å². The molecule has 4 aromatic rings. The Hall–Kier alpha value is -4.48. The maximum atomic E-state index is 12.7. The van der Waals surface area contributed by atoms with E-state index in [1.807, 2.05) is 31.1 Å². The van der Waals surface area contributed by atoms with Crippen LogP contribution in [0.1, 0.15) is 10.4 Å². The summed E-state index contributed by atoms with van der Waals surface area (Å²) in [6.07, 6.45) is 0. The lowest BCUT2D eigenvalue weighted by Gasteiger charge is -2.13. The number of rotatable bonds is 7. The predicted octanol–water partition coefficient (Wildman–Crippen LogP) is 5.53. The second-order valence-corrected chi connectivity index (χ2v) is 9.67. The standard InChI is InChI=1S/C26H24N4O6S/c1-30(2)20-9-4-16(5-10-20)26(32)27-19-8-13-22-17(14-19)15-23(37(33,34)35)24(25(22)31)29-28-18-6-11-21(36-3)12-7-18/h4-15,31H,1-3H3,(H,27,32)(H,33,34,35). The Morgan fingerprint density at radius 2 is 1.62 bits per heavy atom. The number of aromatic hydroxyl groups is 1. The van der Waals surface area contributed by atoms with Crippen LogP contribution in [0, 0.1) is 0 Å². The SMILES string of the molecule is COc1ccc(N=Nc2c(S(=O)(=O)O)cc3cc(NC(=O)c4ccc(N(C)C)cc4)ccc3c2O)cc1. The normalized spacial score (nSPS) is 11.6. The zero-order valence-corrected chi connectivity index (χ0v) is 21.0. The van der Waals surface area contributed by atoms with E-state index in [4.69, 9.17) is 4.74 Å². The summed E-state index contributed by atoms with van der Waals surface area (Å²) < 4.78 is 39.1. The van der Waals surface area contributed by atoms with Crippen molar-refractivity contribution in [3.05, 3.63) is 78.4 Å². The summed E-state index contributed by atoms with van der Waals surface area (Å²) >= 11 is 0. The second kappa shape index (κ2) is 10.2. The molecule has 190 valence electrons. The fraction of sp³-hybridized carbons (Fsp3) is 0.115. The van der Waals surface area contributed by atoms with E-state index >= 15 is 0 Å². The van der Waals surface area contributed by atoms with Crippen molar-refractivity contribution in [1.82, 2.24) is 0 Å². The monoisotopic (exact) mass is 520 g/mol. The lowest BCUT2D eigenvalue weighted by Crippen LogP contribution is -2.13. The summed E-state index contributed by atoms with van der Waals surface area (Å²) in [6.45, 7) is 0. The highest BCUT2D eigenvalue weighted by atomic mass is 32.2. The van der Waals surface area contributed by atoms with Crippen molar-refractivity contribution in [2.45, 2.75) is 4.90 Å². The first kappa shape index (κ1) is 25.6. The number of fused-ring (bicyclic) bond motifs is 1. The van der Waals surface area contributed by atoms with Gasteiger partial charge < -0.3 is 20.1 Å². The van der Waals surface area contributed by atoms with E-state index in [0.29, 0.717) is 22.7 Å². The molecule has 0 aliphatic carbocycles. The van der Waals surface area contributed by atoms with Crippen molar-refractivity contribution < 1.29 is 27.6 Å². The Balaban J connectivity index is 1.69. The molecule has 10 nitrogen and oxygen atoms in total. The van der Waals surface area contributed by atoms with Crippen molar-refractivity contribution in [2.24, 2.45) is 10.2 Å². The van der Waals surface area contributed by atoms with E-state index in [-0.39, 0.29) is 16.7 Å². The smallest absolute Gasteiger partial charge is 0.296 e. The Kier molecular flexibility index (Phi) is 7.09. The van der Waals surface area contributed by atoms with Crippen LogP contribution in [0.15, 0.2) is 87.9 Å². The van der Waals surface area contributed by atoms with E-state index in [1.54, 1.807) is 42.5 Å². The highest BCUT2D eigenvalue weighted by molar-refractivity contribution is 7.86. The molecule has 1 amide bonds. The summed E-state index contributed by atoms with van der Waals surface area (Å²) in [6, 6.07) is 19.2. The zero-order valence-electron chi connectivity index (χ0n) is 20.2. The molecule has 0 atom stereocenters. The molecular formula is C26H24N4O6S. The molecule has 0 bridgehead atoms. The number of ether oxygens (including phenoxy) is 1. The van der Waals surface area contributed by atoms with Crippen LogP contribution >= 0.6 is 0 Å². The number of azo groups is 1. The first-order valence-corrected chi connectivity index (χ1v) is 12.4. The molecular weight excluding hydrogens is 496 g/mol. The third kappa shape index (κ3) is 5.68. The van der Waals surface area contributed by atoms with Gasteiger partial charge in [0, 0.05) is 36.4 Å². The van der Waals surface area contributed by atoms with E-state index < -0.39 is 26.5 Å². The first-order valence-electron chi connectivity index (χ1n) is 11.0. The number of benzene rings is 4. The summed E-state index contributed by atoms with van der Waals surface area (Å²) in [5.74, 6) is -0.257. The number of carbonyl (C=O) groups is 1. The molecule has 11 heteroatoms. The molecule has 0 unspecified atom stereocenters. The fourth-order valence-corrected chi connectivity index (χ4v) is 4.25. The number of amides is 1. The van der Waals surface area contributed by atoms with Crippen LogP contribution in [0.4, 0.5) is 22.7 Å². The van der Waals surface area contributed by atoms with E-state index in [0.717, 1.165) is 11.8 Å². The number of phenolic OH excluding ortho intramolecular Hbond substituents is 1. The molecule has 4 rings (SSSR count). The Morgan fingerprint density at radius 1 is 0.946 bits per heavy atom. The largest absolute Gasteiger partial charge is 0.505 e. The number of methoxy groups -OCH3 is 1. The number of anilines is 2. The number of hydrogen-bond acceptors (Lipinski definition) is 8. The van der Waals surface area contributed by atoms with Crippen molar-refractivity contribution in [3.63, 3.8) is 0 Å². The minimum absolute atomic E-state index is 0.254. The maximum Gasteiger partial charge on any atom is 0.296 e. The van der Waals surface area contributed by atoms with Gasteiger partial charge in [-0.25, -0.2) is 0 Å². The first-order chi connectivity index (χ1) is 17.6. The topological polar surface area (TPSA) is 141 Å². The lowest BCUT2D eigenvalue weighted by atomic mass is 10.1. The van der Waals surface area contributed by atoms with Gasteiger partial charge in [0.2, 0.25) is 0 Å². The minimum Gasteiger partial charge on any atom is -0.505 e. The van der Waals surface area contributed by atoms with Crippen LogP contribution in [-0.2, 0) is 10.1 Å². The van der Waals surface area contributed by atoms with Gasteiger partial charge in [-0.3, -0.25) is 9.35 Å². The summed E-state index contributed by atoms with van der Waals surface area (Å²) in [7, 11) is 0.528. The van der Waals surface area contributed by atoms with Crippen LogP contribution in [0.25, 0.3) is 10.8 Å². The fourth-order valence-electron chi connectivity index (χ4n) is 3.59. The lowest BCUT2D eigenvalue weighted by molar-refractivity contribution is 0.102. The molecule has 0 heterocycles. The Morgan fingerprint density at radius 3 is 2.22 bits per heavy atom. The van der Waals surface area contributed by atoms with Crippen molar-refractivity contribution in [1.29, 1.82) is 0 Å². The molecule has 0 radical (unpaired) electrons. The van der Waals surface area contributed by atoms with Crippen molar-refractivity contribution >= 4 is 49.5 Å². The number of nitrogens with zero attached hydrogens (tertiary/aromatic N) is 3. The van der Waals surface area contributed by atoms with Gasteiger partial charge in [0.05, 0.1) is 12.8 Å². The quantitative estimate of drug-likeness (QED) is 0.215. The van der Waals surface area contributed by atoms with Gasteiger partial charge >= 0.3 is 0 Å². The molecule has 0 saturated heterocycles. The van der Waals surface area contributed by atoms with Gasteiger partial charge in [0.1, 0.15) is 16.3 Å². The molecule has 0 aliphatic heterocycles. The third-order valence-electron chi connectivity index (χ3n) is 5.57. The number of phenols is 1. The summed E-state index contributed by atoms with van der Waals surface area (Å²) in [5.41, 5.74) is 1.70. The number of nitrogens with one attached hydrogen (secondary N) is 1. The third-order valence-corrected chi connectivity index (χ3v) is 6.44. The van der Waals surface area contributed by atoms with Gasteiger partial charge in [0.15, 0.2) is 5.75 Å². The van der Waals surface area contributed by atoms with Crippen molar-refractivity contribution in [3.8, 4) is 11.5 Å². The van der Waals surface area contributed by atoms with Gasteiger partial charge in [-0.15, -0.1) is 5.11 Å². The molecule has 0 saturated carbocycles. The van der Waals surface area contributed by atoms with E-state index in [2.05, 4.69) is 15.5 Å². The number of hydrogen-bond donors (Lipinski definition) is 3. The van der Waals surface area contributed by atoms with Crippen LogP contribution in [0.2, 0.25) is 0 Å². The Bertz CT molecular complexity index is 1600. The average Bonchev–Trinajstić information content (AvgIpc) is 2.87. The molecule has 0 spiro atoms. The zero-order chi connectivity index (χ0) is 26.7. The van der Waals surface area contributed by atoms with E-state index in [1.165, 1.54) is 19.2 Å². The van der Waals surface area contributed by atoms with Crippen LogP contribution in [0.3, 0.4) is 0 Å².